The van der Waals surface area contributed by atoms with Crippen LogP contribution in [0.4, 0.5) is 5.82 Å². The molecule has 1 unspecified atom stereocenters. The van der Waals surface area contributed by atoms with Crippen molar-refractivity contribution in [3.8, 4) is 34.5 Å². The quantitative estimate of drug-likeness (QED) is 0.406. The van der Waals surface area contributed by atoms with Crippen LogP contribution in [0.2, 0.25) is 5.02 Å². The maximum atomic E-state index is 15.0. The molecule has 2 N–H and O–H groups in total. The first kappa shape index (κ1) is 28.8. The van der Waals surface area contributed by atoms with E-state index in [4.69, 9.17) is 40.0 Å². The highest BCUT2D eigenvalue weighted by Crippen LogP contribution is 2.57. The minimum absolute atomic E-state index is 0.0185. The molecule has 4 heterocycles. The van der Waals surface area contributed by atoms with Crippen LogP contribution in [0.1, 0.15) is 40.7 Å². The largest absolute Gasteiger partial charge is 0.496 e. The van der Waals surface area contributed by atoms with E-state index in [1.165, 1.54) is 39.0 Å². The van der Waals surface area contributed by atoms with Crippen molar-refractivity contribution in [2.45, 2.75) is 24.9 Å². The number of methoxy groups -OCH3 is 3. The number of hydrogen-bond donors (Lipinski definition) is 2. The Morgan fingerprint density at radius 1 is 0.933 bits per heavy atom. The zero-order valence-corrected chi connectivity index (χ0v) is 25.7. The van der Waals surface area contributed by atoms with Gasteiger partial charge in [0.05, 0.1) is 26.9 Å². The van der Waals surface area contributed by atoms with Crippen molar-refractivity contribution in [1.29, 1.82) is 0 Å². The van der Waals surface area contributed by atoms with Crippen molar-refractivity contribution in [3.05, 3.63) is 72.0 Å². The second-order valence-corrected chi connectivity index (χ2v) is 11.6. The summed E-state index contributed by atoms with van der Waals surface area (Å²) in [7, 11) is 5.77. The lowest BCUT2D eigenvalue weighted by molar-refractivity contribution is -0.130. The average Bonchev–Trinajstić information content (AvgIpc) is 3.35. The summed E-state index contributed by atoms with van der Waals surface area (Å²) in [6, 6.07) is 4.78. The van der Waals surface area contributed by atoms with Gasteiger partial charge in [-0.2, -0.15) is 0 Å². The average molecular weight is 638 g/mol. The standard InChI is InChI=1S/C31H28ClN3O10/c1-12-8-14-20(26(36)31(12)27(37)21-15(40-3)11-16(41-4)23(32)25(21)45-31)19(22-28(33-14)35(2)30(39)34-29(22)38)13-9-17(42-5)24-18(10-13)43-6-7-44-24/h9-12,19,33H,6-8H2,1-5H3,(H,34,38,39)/t12-,19?,31+/m1/s1. The van der Waals surface area contributed by atoms with Crippen molar-refractivity contribution < 1.29 is 38.0 Å². The summed E-state index contributed by atoms with van der Waals surface area (Å²) in [6.45, 7) is 2.31. The number of carbonyl (C=O) groups is 2. The Morgan fingerprint density at radius 3 is 2.36 bits per heavy atom. The van der Waals surface area contributed by atoms with Crippen molar-refractivity contribution in [1.82, 2.24) is 9.55 Å². The van der Waals surface area contributed by atoms with Crippen LogP contribution in [0.5, 0.6) is 34.5 Å². The number of halogens is 1. The molecule has 7 rings (SSSR count). The van der Waals surface area contributed by atoms with Gasteiger partial charge in [0, 0.05) is 36.2 Å². The minimum Gasteiger partial charge on any atom is -0.496 e. The Labute approximate surface area is 260 Å². The Hall–Kier alpha value is -4.91. The minimum atomic E-state index is -2.03. The van der Waals surface area contributed by atoms with E-state index in [0.717, 1.165) is 0 Å². The number of hydrogen-bond acceptors (Lipinski definition) is 11. The van der Waals surface area contributed by atoms with Crippen LogP contribution in [0.3, 0.4) is 0 Å². The Bertz CT molecular complexity index is 1980. The van der Waals surface area contributed by atoms with E-state index in [-0.39, 0.29) is 57.8 Å². The number of ether oxygens (including phenoxy) is 6. The first-order chi connectivity index (χ1) is 21.6. The number of fused-ring (bicyclic) bond motifs is 3. The third-order valence-electron chi connectivity index (χ3n) is 8.92. The molecule has 1 spiro atoms. The number of carbonyl (C=O) groups excluding carboxylic acids is 2. The number of H-pyrrole nitrogens is 1. The number of aromatic nitrogens is 2. The summed E-state index contributed by atoms with van der Waals surface area (Å²) < 4.78 is 35.8. The molecule has 3 aliphatic heterocycles. The molecular formula is C31H28ClN3O10. The molecule has 0 amide bonds. The van der Waals surface area contributed by atoms with Crippen LogP contribution in [0.15, 0.2) is 39.1 Å². The van der Waals surface area contributed by atoms with Gasteiger partial charge in [0.2, 0.25) is 22.9 Å². The zero-order chi connectivity index (χ0) is 31.9. The lowest BCUT2D eigenvalue weighted by atomic mass is 9.66. The number of nitrogens with zero attached hydrogens (tertiary/aromatic N) is 1. The maximum absolute atomic E-state index is 15.0. The molecule has 0 radical (unpaired) electrons. The van der Waals surface area contributed by atoms with Crippen LogP contribution >= 0.6 is 11.6 Å². The molecule has 2 aromatic carbocycles. The molecule has 0 bridgehead atoms. The van der Waals surface area contributed by atoms with Gasteiger partial charge in [-0.1, -0.05) is 18.5 Å². The molecule has 0 saturated heterocycles. The van der Waals surface area contributed by atoms with Gasteiger partial charge in [-0.3, -0.25) is 23.9 Å². The smallest absolute Gasteiger partial charge is 0.329 e. The topological polar surface area (TPSA) is 156 Å². The fourth-order valence-electron chi connectivity index (χ4n) is 6.76. The normalized spacial score (nSPS) is 22.7. The molecule has 234 valence electrons. The van der Waals surface area contributed by atoms with Gasteiger partial charge in [0.1, 0.15) is 41.1 Å². The van der Waals surface area contributed by atoms with E-state index in [0.29, 0.717) is 35.1 Å². The van der Waals surface area contributed by atoms with Gasteiger partial charge < -0.3 is 33.7 Å². The predicted molar refractivity (Wildman–Crippen MR) is 160 cm³/mol. The predicted octanol–water partition coefficient (Wildman–Crippen LogP) is 2.96. The third kappa shape index (κ3) is 3.79. The molecule has 14 heteroatoms. The molecule has 45 heavy (non-hydrogen) atoms. The second kappa shape index (κ2) is 10.1. The van der Waals surface area contributed by atoms with E-state index >= 15 is 4.79 Å². The van der Waals surface area contributed by atoms with E-state index in [2.05, 4.69) is 10.3 Å². The molecular weight excluding hydrogens is 610 g/mol. The number of aromatic amines is 1. The Kier molecular flexibility index (Phi) is 6.45. The number of benzene rings is 2. The van der Waals surface area contributed by atoms with Crippen LogP contribution in [-0.2, 0) is 11.8 Å². The van der Waals surface area contributed by atoms with Crippen molar-refractivity contribution in [2.24, 2.45) is 13.0 Å². The highest BCUT2D eigenvalue weighted by molar-refractivity contribution is 6.36. The number of rotatable bonds is 4. The van der Waals surface area contributed by atoms with Gasteiger partial charge >= 0.3 is 5.69 Å². The highest BCUT2D eigenvalue weighted by atomic mass is 35.5. The lowest BCUT2D eigenvalue weighted by Crippen LogP contribution is -2.58. The molecule has 3 aromatic rings. The first-order valence-corrected chi connectivity index (χ1v) is 14.5. The maximum Gasteiger partial charge on any atom is 0.329 e. The van der Waals surface area contributed by atoms with Crippen molar-refractivity contribution >= 4 is 29.0 Å². The summed E-state index contributed by atoms with van der Waals surface area (Å²) in [4.78, 5) is 58.0. The molecule has 3 atom stereocenters. The lowest BCUT2D eigenvalue weighted by Gasteiger charge is -2.42. The fraction of sp³-hybridized carbons (Fsp3) is 0.355. The fourth-order valence-corrected chi connectivity index (χ4v) is 7.02. The van der Waals surface area contributed by atoms with E-state index in [1.54, 1.807) is 19.1 Å². The van der Waals surface area contributed by atoms with E-state index < -0.39 is 40.3 Å². The van der Waals surface area contributed by atoms with E-state index in [1.807, 2.05) is 0 Å². The van der Waals surface area contributed by atoms with Crippen LogP contribution in [0, 0.1) is 5.92 Å². The van der Waals surface area contributed by atoms with Crippen LogP contribution < -0.4 is 45.0 Å². The number of allylic oxidation sites excluding steroid dienone is 1. The molecule has 1 aromatic heterocycles. The van der Waals surface area contributed by atoms with Gasteiger partial charge in [0.15, 0.2) is 17.2 Å². The SMILES string of the molecule is COc1cc(OC)c2c(c1Cl)O[C@@]1(C(=O)C3=C(C[C@H]1C)Nc1c(c(=O)[nH]c(=O)n1C)C3c1cc(OC)c3c(c1)OCCO3)C2=O. The number of ketones is 2. The van der Waals surface area contributed by atoms with Crippen LogP contribution in [-0.4, -0.2) is 61.3 Å². The zero-order valence-electron chi connectivity index (χ0n) is 24.9. The molecule has 4 aliphatic rings. The first-order valence-electron chi connectivity index (χ1n) is 14.1. The summed E-state index contributed by atoms with van der Waals surface area (Å²) in [5.74, 6) is -1.48. The number of nitrogens with one attached hydrogen (secondary N) is 2. The number of Topliss-reactive ketones (excluding diaryl/α,β-unsaturated/α-hetero) is 2. The third-order valence-corrected chi connectivity index (χ3v) is 9.28. The van der Waals surface area contributed by atoms with Gasteiger partial charge in [0.25, 0.3) is 5.56 Å². The van der Waals surface area contributed by atoms with Crippen LogP contribution in [0.25, 0.3) is 0 Å². The molecule has 1 aliphatic carbocycles. The number of anilines is 1. The van der Waals surface area contributed by atoms with Crippen molar-refractivity contribution in [3.63, 3.8) is 0 Å². The molecule has 0 saturated carbocycles. The monoisotopic (exact) mass is 637 g/mol. The summed E-state index contributed by atoms with van der Waals surface area (Å²) in [5.41, 5.74) is -2.27. The van der Waals surface area contributed by atoms with Gasteiger partial charge in [-0.05, 0) is 24.1 Å². The molecule has 0 fully saturated rings. The summed E-state index contributed by atoms with van der Waals surface area (Å²) >= 11 is 6.62. The highest BCUT2D eigenvalue weighted by Gasteiger charge is 2.63. The Morgan fingerprint density at radius 2 is 1.64 bits per heavy atom. The second-order valence-electron chi connectivity index (χ2n) is 11.2. The summed E-state index contributed by atoms with van der Waals surface area (Å²) in [5, 5.41) is 3.19. The van der Waals surface area contributed by atoms with Gasteiger partial charge in [-0.25, -0.2) is 4.79 Å². The molecule has 13 nitrogen and oxygen atoms in total. The summed E-state index contributed by atoms with van der Waals surface area (Å²) in [6.07, 6.45) is 0.149. The van der Waals surface area contributed by atoms with Gasteiger partial charge in [-0.15, -0.1) is 0 Å². The van der Waals surface area contributed by atoms with E-state index in [9.17, 15) is 14.4 Å². The Balaban J connectivity index is 1.48. The van der Waals surface area contributed by atoms with Crippen molar-refractivity contribution in [2.75, 3.05) is 39.9 Å².